The Labute approximate surface area is 116 Å². The standard InChI is InChI=1S/C14H19F3N2O/c1-20-11-2-3-13(12(8-11)14(15,16)17)19-9-10-4-6-18-7-5-10/h2-3,8,10,18-19H,4-7,9H2,1H3. The molecule has 1 aromatic carbocycles. The molecule has 2 rings (SSSR count). The average Bonchev–Trinajstić information content (AvgIpc) is 2.45. The molecule has 0 bridgehead atoms. The van der Waals surface area contributed by atoms with Gasteiger partial charge >= 0.3 is 6.18 Å². The predicted octanol–water partition coefficient (Wildman–Crippen LogP) is 3.13. The van der Waals surface area contributed by atoms with Crippen molar-refractivity contribution in [3.63, 3.8) is 0 Å². The highest BCUT2D eigenvalue weighted by molar-refractivity contribution is 5.55. The van der Waals surface area contributed by atoms with Crippen LogP contribution in [0.25, 0.3) is 0 Å². The van der Waals surface area contributed by atoms with Crippen LogP contribution in [0.1, 0.15) is 18.4 Å². The first-order valence-electron chi connectivity index (χ1n) is 6.70. The minimum Gasteiger partial charge on any atom is -0.497 e. The molecule has 6 heteroatoms. The topological polar surface area (TPSA) is 33.3 Å². The van der Waals surface area contributed by atoms with Gasteiger partial charge in [0, 0.05) is 12.2 Å². The molecule has 2 N–H and O–H groups in total. The predicted molar refractivity (Wildman–Crippen MR) is 72.1 cm³/mol. The van der Waals surface area contributed by atoms with Gasteiger partial charge in [0.15, 0.2) is 0 Å². The molecule has 0 unspecified atom stereocenters. The summed E-state index contributed by atoms with van der Waals surface area (Å²) in [6.07, 6.45) is -2.40. The Bertz CT molecular complexity index is 443. The number of hydrogen-bond donors (Lipinski definition) is 2. The molecular formula is C14H19F3N2O. The third-order valence-electron chi connectivity index (χ3n) is 3.57. The second kappa shape index (κ2) is 6.35. The van der Waals surface area contributed by atoms with E-state index in [1.165, 1.54) is 13.2 Å². The zero-order chi connectivity index (χ0) is 14.6. The number of ether oxygens (including phenoxy) is 1. The zero-order valence-corrected chi connectivity index (χ0v) is 11.4. The van der Waals surface area contributed by atoms with Crippen LogP contribution < -0.4 is 15.4 Å². The second-order valence-electron chi connectivity index (χ2n) is 4.98. The second-order valence-corrected chi connectivity index (χ2v) is 4.98. The molecule has 0 aromatic heterocycles. The molecule has 0 amide bonds. The van der Waals surface area contributed by atoms with Gasteiger partial charge in [0.05, 0.1) is 12.7 Å². The lowest BCUT2D eigenvalue weighted by Gasteiger charge is -2.24. The van der Waals surface area contributed by atoms with Crippen LogP contribution in [0, 0.1) is 5.92 Å². The van der Waals surface area contributed by atoms with Crippen molar-refractivity contribution in [2.75, 3.05) is 32.1 Å². The van der Waals surface area contributed by atoms with Crippen molar-refractivity contribution in [2.45, 2.75) is 19.0 Å². The molecule has 1 fully saturated rings. The minimum absolute atomic E-state index is 0.122. The summed E-state index contributed by atoms with van der Waals surface area (Å²) in [5, 5.41) is 6.18. The van der Waals surface area contributed by atoms with Crippen molar-refractivity contribution >= 4 is 5.69 Å². The maximum absolute atomic E-state index is 13.0. The third-order valence-corrected chi connectivity index (χ3v) is 3.57. The fourth-order valence-corrected chi connectivity index (χ4v) is 2.38. The van der Waals surface area contributed by atoms with Gasteiger partial charge in [0.1, 0.15) is 5.75 Å². The number of halogens is 3. The summed E-state index contributed by atoms with van der Waals surface area (Å²) in [6, 6.07) is 4.01. The molecular weight excluding hydrogens is 269 g/mol. The smallest absolute Gasteiger partial charge is 0.418 e. The van der Waals surface area contributed by atoms with Gasteiger partial charge in [-0.1, -0.05) is 0 Å². The van der Waals surface area contributed by atoms with Crippen LogP contribution in [-0.4, -0.2) is 26.7 Å². The van der Waals surface area contributed by atoms with Crippen LogP contribution in [0.15, 0.2) is 18.2 Å². The number of piperidine rings is 1. The van der Waals surface area contributed by atoms with E-state index in [4.69, 9.17) is 4.74 Å². The molecule has 112 valence electrons. The summed E-state index contributed by atoms with van der Waals surface area (Å²) < 4.78 is 43.9. The van der Waals surface area contributed by atoms with Crippen LogP contribution >= 0.6 is 0 Å². The van der Waals surface area contributed by atoms with Crippen LogP contribution in [0.4, 0.5) is 18.9 Å². The van der Waals surface area contributed by atoms with E-state index in [9.17, 15) is 13.2 Å². The van der Waals surface area contributed by atoms with Crippen molar-refractivity contribution in [2.24, 2.45) is 5.92 Å². The van der Waals surface area contributed by atoms with E-state index in [0.717, 1.165) is 32.0 Å². The molecule has 1 aliphatic heterocycles. The van der Waals surface area contributed by atoms with E-state index in [-0.39, 0.29) is 11.4 Å². The fourth-order valence-electron chi connectivity index (χ4n) is 2.38. The first kappa shape index (κ1) is 15.0. The van der Waals surface area contributed by atoms with Gasteiger partial charge < -0.3 is 15.4 Å². The summed E-state index contributed by atoms with van der Waals surface area (Å²) in [4.78, 5) is 0. The van der Waals surface area contributed by atoms with Crippen LogP contribution in [-0.2, 0) is 6.18 Å². The quantitative estimate of drug-likeness (QED) is 0.893. The van der Waals surface area contributed by atoms with Gasteiger partial charge in [-0.05, 0) is 50.0 Å². The zero-order valence-electron chi connectivity index (χ0n) is 11.4. The molecule has 1 aliphatic rings. The normalized spacial score (nSPS) is 17.0. The molecule has 20 heavy (non-hydrogen) atoms. The number of hydrogen-bond acceptors (Lipinski definition) is 3. The first-order valence-corrected chi connectivity index (χ1v) is 6.70. The fraction of sp³-hybridized carbons (Fsp3) is 0.571. The van der Waals surface area contributed by atoms with Crippen molar-refractivity contribution in [1.29, 1.82) is 0 Å². The Balaban J connectivity index is 2.09. The average molecular weight is 288 g/mol. The number of benzene rings is 1. The lowest BCUT2D eigenvalue weighted by atomic mass is 9.98. The number of nitrogens with one attached hydrogen (secondary N) is 2. The van der Waals surface area contributed by atoms with E-state index >= 15 is 0 Å². The van der Waals surface area contributed by atoms with E-state index in [2.05, 4.69) is 10.6 Å². The van der Waals surface area contributed by atoms with Crippen molar-refractivity contribution < 1.29 is 17.9 Å². The molecule has 0 atom stereocenters. The minimum atomic E-state index is -4.38. The first-order chi connectivity index (χ1) is 9.50. The van der Waals surface area contributed by atoms with Gasteiger partial charge in [-0.15, -0.1) is 0 Å². The molecule has 1 aromatic rings. The number of rotatable bonds is 4. The van der Waals surface area contributed by atoms with Crippen molar-refractivity contribution in [3.05, 3.63) is 23.8 Å². The third kappa shape index (κ3) is 3.79. The Morgan fingerprint density at radius 3 is 2.60 bits per heavy atom. The molecule has 3 nitrogen and oxygen atoms in total. The molecule has 0 aliphatic carbocycles. The largest absolute Gasteiger partial charge is 0.497 e. The van der Waals surface area contributed by atoms with E-state index in [0.29, 0.717) is 12.5 Å². The molecule has 0 spiro atoms. The number of anilines is 1. The summed E-state index contributed by atoms with van der Waals surface area (Å²) in [5.74, 6) is 0.629. The molecule has 0 saturated carbocycles. The van der Waals surface area contributed by atoms with Gasteiger partial charge in [-0.3, -0.25) is 0 Å². The Morgan fingerprint density at radius 2 is 2.00 bits per heavy atom. The summed E-state index contributed by atoms with van der Waals surface area (Å²) >= 11 is 0. The maximum atomic E-state index is 13.0. The Morgan fingerprint density at radius 1 is 1.30 bits per heavy atom. The Kier molecular flexibility index (Phi) is 4.75. The highest BCUT2D eigenvalue weighted by Crippen LogP contribution is 2.37. The van der Waals surface area contributed by atoms with E-state index < -0.39 is 11.7 Å². The van der Waals surface area contributed by atoms with Crippen molar-refractivity contribution in [1.82, 2.24) is 5.32 Å². The number of methoxy groups -OCH3 is 1. The summed E-state index contributed by atoms with van der Waals surface area (Å²) in [5.41, 5.74) is -0.553. The monoisotopic (exact) mass is 288 g/mol. The number of alkyl halides is 3. The summed E-state index contributed by atoms with van der Waals surface area (Å²) in [7, 11) is 1.36. The van der Waals surface area contributed by atoms with Crippen molar-refractivity contribution in [3.8, 4) is 5.75 Å². The van der Waals surface area contributed by atoms with Gasteiger partial charge in [0.2, 0.25) is 0 Å². The van der Waals surface area contributed by atoms with Crippen LogP contribution in [0.2, 0.25) is 0 Å². The maximum Gasteiger partial charge on any atom is 0.418 e. The van der Waals surface area contributed by atoms with E-state index in [1.54, 1.807) is 6.07 Å². The lowest BCUT2D eigenvalue weighted by Crippen LogP contribution is -2.31. The van der Waals surface area contributed by atoms with Gasteiger partial charge in [-0.25, -0.2) is 0 Å². The Hall–Kier alpha value is -1.43. The van der Waals surface area contributed by atoms with Gasteiger partial charge in [-0.2, -0.15) is 13.2 Å². The SMILES string of the molecule is COc1ccc(NCC2CCNCC2)c(C(F)(F)F)c1. The molecule has 1 saturated heterocycles. The van der Waals surface area contributed by atoms with Gasteiger partial charge in [0.25, 0.3) is 0 Å². The lowest BCUT2D eigenvalue weighted by molar-refractivity contribution is -0.137. The van der Waals surface area contributed by atoms with Crippen LogP contribution in [0.3, 0.4) is 0 Å². The summed E-state index contributed by atoms with van der Waals surface area (Å²) in [6.45, 7) is 2.43. The van der Waals surface area contributed by atoms with Crippen LogP contribution in [0.5, 0.6) is 5.75 Å². The highest BCUT2D eigenvalue weighted by atomic mass is 19.4. The molecule has 1 heterocycles. The molecule has 0 radical (unpaired) electrons. The highest BCUT2D eigenvalue weighted by Gasteiger charge is 2.34. The van der Waals surface area contributed by atoms with E-state index in [1.807, 2.05) is 0 Å².